The van der Waals surface area contributed by atoms with E-state index in [1.807, 2.05) is 0 Å². The van der Waals surface area contributed by atoms with E-state index in [0.717, 1.165) is 0 Å². The monoisotopic (exact) mass is 482 g/mol. The molecule has 0 bridgehead atoms. The van der Waals surface area contributed by atoms with Crippen molar-refractivity contribution in [2.45, 2.75) is 23.4 Å². The molecule has 1 aromatic carbocycles. The van der Waals surface area contributed by atoms with Gasteiger partial charge in [0.2, 0.25) is 5.88 Å². The van der Waals surface area contributed by atoms with Gasteiger partial charge in [0.15, 0.2) is 0 Å². The standard InChI is InChI=1S/C19H19ClN4O7S/c1-30-15-3-2-10(20)4-16(15)32(28,29)23-11-6-14-17(21-7-11)31-9-13-5-12(22-19(26)27)8-24(13)18(14)25/h2-4,6-7,12-13,22-23H,5,8-9H2,1H3,(H,26,27)/t12-,13-/m1/s1. The Kier molecular flexibility index (Phi) is 5.73. The molecule has 13 heteroatoms. The second kappa shape index (κ2) is 8.36. The van der Waals surface area contributed by atoms with E-state index >= 15 is 0 Å². The maximum atomic E-state index is 13.1. The van der Waals surface area contributed by atoms with Crippen molar-refractivity contribution < 1.29 is 32.6 Å². The molecule has 0 spiro atoms. The molecular formula is C19H19ClN4O7S. The van der Waals surface area contributed by atoms with Crippen LogP contribution in [0.5, 0.6) is 11.6 Å². The molecule has 0 unspecified atom stereocenters. The van der Waals surface area contributed by atoms with E-state index in [1.165, 1.54) is 42.5 Å². The van der Waals surface area contributed by atoms with Crippen LogP contribution in [0.25, 0.3) is 0 Å². The molecule has 2 amide bonds. The maximum absolute atomic E-state index is 13.1. The second-order valence-corrected chi connectivity index (χ2v) is 9.37. The Hall–Kier alpha value is -3.25. The van der Waals surface area contributed by atoms with Gasteiger partial charge in [0.1, 0.15) is 22.8 Å². The Labute approximate surface area is 188 Å². The Bertz CT molecular complexity index is 1190. The zero-order valence-electron chi connectivity index (χ0n) is 16.7. The third-order valence-corrected chi connectivity index (χ3v) is 6.80. The number of anilines is 1. The highest BCUT2D eigenvalue weighted by Gasteiger charge is 2.40. The molecule has 32 heavy (non-hydrogen) atoms. The first kappa shape index (κ1) is 22.0. The highest BCUT2D eigenvalue weighted by molar-refractivity contribution is 7.92. The second-order valence-electron chi connectivity index (χ2n) is 7.28. The number of fused-ring (bicyclic) bond motifs is 2. The summed E-state index contributed by atoms with van der Waals surface area (Å²) in [5, 5.41) is 11.5. The minimum absolute atomic E-state index is 0.0422. The van der Waals surface area contributed by atoms with E-state index in [1.54, 1.807) is 0 Å². The topological polar surface area (TPSA) is 147 Å². The number of pyridine rings is 1. The van der Waals surface area contributed by atoms with E-state index in [-0.39, 0.29) is 52.0 Å². The average Bonchev–Trinajstić information content (AvgIpc) is 3.08. The van der Waals surface area contributed by atoms with Crippen LogP contribution >= 0.6 is 11.6 Å². The lowest BCUT2D eigenvalue weighted by molar-refractivity contribution is 0.0723. The van der Waals surface area contributed by atoms with Crippen molar-refractivity contribution in [3.05, 3.63) is 41.0 Å². The van der Waals surface area contributed by atoms with Crippen molar-refractivity contribution >= 4 is 39.3 Å². The number of nitrogens with one attached hydrogen (secondary N) is 2. The Morgan fingerprint density at radius 2 is 2.16 bits per heavy atom. The molecule has 3 N–H and O–H groups in total. The molecule has 0 radical (unpaired) electrons. The summed E-state index contributed by atoms with van der Waals surface area (Å²) in [4.78, 5) is 29.5. The van der Waals surface area contributed by atoms with Gasteiger partial charge in [-0.15, -0.1) is 0 Å². The van der Waals surface area contributed by atoms with Crippen molar-refractivity contribution in [3.8, 4) is 11.6 Å². The van der Waals surface area contributed by atoms with Crippen LogP contribution in [0.4, 0.5) is 10.5 Å². The number of carbonyl (C=O) groups excluding carboxylic acids is 1. The Morgan fingerprint density at radius 3 is 2.88 bits per heavy atom. The fourth-order valence-corrected chi connectivity index (χ4v) is 5.25. The lowest BCUT2D eigenvalue weighted by atomic mass is 10.2. The van der Waals surface area contributed by atoms with Gasteiger partial charge in [-0.1, -0.05) is 11.6 Å². The van der Waals surface area contributed by atoms with Crippen LogP contribution in [0.3, 0.4) is 0 Å². The van der Waals surface area contributed by atoms with Gasteiger partial charge in [-0.25, -0.2) is 18.2 Å². The normalized spacial score (nSPS) is 19.9. The number of ether oxygens (including phenoxy) is 2. The molecule has 2 aliphatic heterocycles. The highest BCUT2D eigenvalue weighted by atomic mass is 35.5. The van der Waals surface area contributed by atoms with Gasteiger partial charge in [-0.2, -0.15) is 0 Å². The molecule has 1 aromatic heterocycles. The fourth-order valence-electron chi connectivity index (χ4n) is 3.78. The van der Waals surface area contributed by atoms with E-state index in [2.05, 4.69) is 15.0 Å². The van der Waals surface area contributed by atoms with E-state index in [0.29, 0.717) is 6.42 Å². The van der Waals surface area contributed by atoms with E-state index in [4.69, 9.17) is 26.2 Å². The molecule has 0 saturated carbocycles. The van der Waals surface area contributed by atoms with E-state index in [9.17, 15) is 18.0 Å². The highest BCUT2D eigenvalue weighted by Crippen LogP contribution is 2.32. The van der Waals surface area contributed by atoms with Gasteiger partial charge in [0.25, 0.3) is 15.9 Å². The number of nitrogens with zero attached hydrogens (tertiary/aromatic N) is 2. The number of hydrogen-bond donors (Lipinski definition) is 3. The van der Waals surface area contributed by atoms with Crippen LogP contribution < -0.4 is 19.5 Å². The molecule has 11 nitrogen and oxygen atoms in total. The zero-order chi connectivity index (χ0) is 23.0. The van der Waals surface area contributed by atoms with Gasteiger partial charge in [0.05, 0.1) is 31.1 Å². The smallest absolute Gasteiger partial charge is 0.404 e. The van der Waals surface area contributed by atoms with Crippen LogP contribution in [0.1, 0.15) is 16.8 Å². The maximum Gasteiger partial charge on any atom is 0.404 e. The van der Waals surface area contributed by atoms with Crippen LogP contribution in [-0.2, 0) is 10.0 Å². The number of aromatic nitrogens is 1. The van der Waals surface area contributed by atoms with Gasteiger partial charge in [0, 0.05) is 11.6 Å². The van der Waals surface area contributed by atoms with Gasteiger partial charge in [-0.05, 0) is 30.7 Å². The minimum atomic E-state index is -4.11. The predicted molar refractivity (Wildman–Crippen MR) is 113 cm³/mol. The average molecular weight is 483 g/mol. The number of carbonyl (C=O) groups is 2. The molecule has 1 fully saturated rings. The van der Waals surface area contributed by atoms with Crippen LogP contribution in [-0.4, -0.2) is 67.8 Å². The van der Waals surface area contributed by atoms with Crippen LogP contribution in [0.2, 0.25) is 5.02 Å². The SMILES string of the molecule is COc1ccc(Cl)cc1S(=O)(=O)Nc1cnc2c(c1)C(=O)N1C[C@H](NC(=O)O)C[C@@H]1CO2. The van der Waals surface area contributed by atoms with Crippen molar-refractivity contribution in [3.63, 3.8) is 0 Å². The summed E-state index contributed by atoms with van der Waals surface area (Å²) in [5.41, 5.74) is 0.113. The Balaban J connectivity index is 1.61. The molecule has 4 rings (SSSR count). The molecule has 2 aliphatic rings. The lowest BCUT2D eigenvalue weighted by Crippen LogP contribution is -2.39. The first-order chi connectivity index (χ1) is 15.2. The number of hydrogen-bond acceptors (Lipinski definition) is 7. The summed E-state index contributed by atoms with van der Waals surface area (Å²) < 4.78 is 39.0. The summed E-state index contributed by atoms with van der Waals surface area (Å²) in [7, 11) is -2.78. The number of methoxy groups -OCH3 is 1. The number of benzene rings is 1. The molecule has 1 saturated heterocycles. The van der Waals surface area contributed by atoms with Crippen LogP contribution in [0.15, 0.2) is 35.4 Å². The number of sulfonamides is 1. The minimum Gasteiger partial charge on any atom is -0.495 e. The quantitative estimate of drug-likeness (QED) is 0.584. The predicted octanol–water partition coefficient (Wildman–Crippen LogP) is 1.79. The van der Waals surface area contributed by atoms with Gasteiger partial charge < -0.3 is 24.8 Å². The van der Waals surface area contributed by atoms with Crippen molar-refractivity contribution in [1.29, 1.82) is 0 Å². The third-order valence-electron chi connectivity index (χ3n) is 5.16. The van der Waals surface area contributed by atoms with Crippen molar-refractivity contribution in [2.75, 3.05) is 25.0 Å². The summed E-state index contributed by atoms with van der Waals surface area (Å²) in [5.74, 6) is -0.248. The molecular weight excluding hydrogens is 464 g/mol. The van der Waals surface area contributed by atoms with Gasteiger partial charge in [-0.3, -0.25) is 9.52 Å². The summed E-state index contributed by atoms with van der Waals surface area (Å²) in [6, 6.07) is 4.76. The molecule has 170 valence electrons. The number of carboxylic acid groups (broad SMARTS) is 1. The third kappa shape index (κ3) is 4.23. The largest absolute Gasteiger partial charge is 0.495 e. The fraction of sp³-hybridized carbons (Fsp3) is 0.316. The molecule has 2 atom stereocenters. The van der Waals surface area contributed by atoms with Crippen molar-refractivity contribution in [1.82, 2.24) is 15.2 Å². The molecule has 0 aliphatic carbocycles. The first-order valence-corrected chi connectivity index (χ1v) is 11.3. The summed E-state index contributed by atoms with van der Waals surface area (Å²) >= 11 is 5.94. The summed E-state index contributed by atoms with van der Waals surface area (Å²) in [6.07, 6.45) is 0.475. The molecule has 3 heterocycles. The van der Waals surface area contributed by atoms with Crippen molar-refractivity contribution in [2.24, 2.45) is 0 Å². The number of amides is 2. The van der Waals surface area contributed by atoms with E-state index < -0.39 is 28.1 Å². The lowest BCUT2D eigenvalue weighted by Gasteiger charge is -2.20. The summed E-state index contributed by atoms with van der Waals surface area (Å²) in [6.45, 7) is 0.322. The Morgan fingerprint density at radius 1 is 1.38 bits per heavy atom. The first-order valence-electron chi connectivity index (χ1n) is 9.47. The van der Waals surface area contributed by atoms with Gasteiger partial charge >= 0.3 is 6.09 Å². The molecule has 2 aromatic rings. The zero-order valence-corrected chi connectivity index (χ0v) is 18.3. The number of halogens is 1. The van der Waals surface area contributed by atoms with Crippen LogP contribution in [0, 0.1) is 0 Å². The number of rotatable bonds is 5.